The number of hydrogen-bond acceptors (Lipinski definition) is 5. The summed E-state index contributed by atoms with van der Waals surface area (Å²) >= 11 is 1.19. The van der Waals surface area contributed by atoms with Crippen molar-refractivity contribution in [1.29, 1.82) is 0 Å². The van der Waals surface area contributed by atoms with Crippen LogP contribution in [0.3, 0.4) is 0 Å². The molecule has 26 heavy (non-hydrogen) atoms. The van der Waals surface area contributed by atoms with Gasteiger partial charge in [0.25, 0.3) is 0 Å². The number of carboxylic acids is 1. The van der Waals surface area contributed by atoms with E-state index in [1.165, 1.54) is 11.7 Å². The summed E-state index contributed by atoms with van der Waals surface area (Å²) in [7, 11) is 0. The van der Waals surface area contributed by atoms with E-state index in [0.717, 1.165) is 40.6 Å². The first-order valence-corrected chi connectivity index (χ1v) is 9.60. The number of nitrogens with zero attached hydrogens (tertiary/aromatic N) is 2. The summed E-state index contributed by atoms with van der Waals surface area (Å²) in [6, 6.07) is 11.7. The van der Waals surface area contributed by atoms with E-state index in [1.54, 1.807) is 0 Å². The van der Waals surface area contributed by atoms with Crippen LogP contribution in [-0.2, 0) is 4.79 Å². The van der Waals surface area contributed by atoms with E-state index >= 15 is 0 Å². The predicted octanol–water partition coefficient (Wildman–Crippen LogP) is 4.73. The molecular weight excluding hydrogens is 348 g/mol. The summed E-state index contributed by atoms with van der Waals surface area (Å²) in [5.74, 6) is -0.0201. The minimum Gasteiger partial charge on any atom is -0.494 e. The molecule has 0 aliphatic heterocycles. The van der Waals surface area contributed by atoms with Gasteiger partial charge < -0.3 is 9.84 Å². The third-order valence-corrected chi connectivity index (χ3v) is 5.35. The van der Waals surface area contributed by atoms with Crippen LogP contribution in [-0.4, -0.2) is 26.4 Å². The largest absolute Gasteiger partial charge is 0.494 e. The molecule has 1 N–H and O–H groups in total. The highest BCUT2D eigenvalue weighted by Crippen LogP contribution is 2.40. The van der Waals surface area contributed by atoms with Crippen LogP contribution >= 0.6 is 11.7 Å². The zero-order valence-corrected chi connectivity index (χ0v) is 15.3. The normalized spacial score (nSPS) is 15.1. The minimum absolute atomic E-state index is 0.494. The van der Waals surface area contributed by atoms with Crippen molar-refractivity contribution < 1.29 is 14.6 Å². The van der Waals surface area contributed by atoms with Gasteiger partial charge in [-0.25, -0.2) is 0 Å². The molecule has 0 bridgehead atoms. The molecule has 1 saturated carbocycles. The molecule has 1 aromatic heterocycles. The highest BCUT2D eigenvalue weighted by Gasteiger charge is 2.30. The van der Waals surface area contributed by atoms with Crippen LogP contribution in [0.25, 0.3) is 22.2 Å². The molecular formula is C20H20N2O3S. The van der Waals surface area contributed by atoms with Gasteiger partial charge in [0, 0.05) is 0 Å². The van der Waals surface area contributed by atoms with Gasteiger partial charge in [0.1, 0.15) is 16.8 Å². The number of carboxylic acid groups (broad SMARTS) is 1. The molecule has 1 unspecified atom stereocenters. The number of hydrogen-bond donors (Lipinski definition) is 1. The molecule has 4 rings (SSSR count). The Bertz CT molecular complexity index is 949. The number of aromatic nitrogens is 2. The first-order chi connectivity index (χ1) is 12.6. The summed E-state index contributed by atoms with van der Waals surface area (Å²) in [5.41, 5.74) is 4.47. The van der Waals surface area contributed by atoms with E-state index in [-0.39, 0.29) is 0 Å². The van der Waals surface area contributed by atoms with Crippen molar-refractivity contribution in [3.63, 3.8) is 0 Å². The molecule has 134 valence electrons. The number of rotatable bonds is 7. The first kappa shape index (κ1) is 17.0. The first-order valence-electron chi connectivity index (χ1n) is 8.87. The average Bonchev–Trinajstić information content (AvgIpc) is 3.33. The van der Waals surface area contributed by atoms with Crippen molar-refractivity contribution >= 4 is 28.7 Å². The Labute approximate surface area is 156 Å². The maximum Gasteiger partial charge on any atom is 0.310 e. The summed E-state index contributed by atoms with van der Waals surface area (Å²) < 4.78 is 14.3. The molecule has 2 aromatic carbocycles. The van der Waals surface area contributed by atoms with Crippen molar-refractivity contribution in [3.8, 4) is 16.9 Å². The van der Waals surface area contributed by atoms with Gasteiger partial charge in [0.15, 0.2) is 0 Å². The van der Waals surface area contributed by atoms with Gasteiger partial charge in [-0.1, -0.05) is 25.0 Å². The third-order valence-electron chi connectivity index (χ3n) is 4.79. The molecule has 6 heteroatoms. The van der Waals surface area contributed by atoms with Gasteiger partial charge in [0.2, 0.25) is 0 Å². The Morgan fingerprint density at radius 2 is 2.00 bits per heavy atom. The average molecular weight is 368 g/mol. The molecule has 1 heterocycles. The second-order valence-corrected chi connectivity index (χ2v) is 7.29. The highest BCUT2D eigenvalue weighted by molar-refractivity contribution is 7.00. The van der Waals surface area contributed by atoms with E-state index < -0.39 is 11.9 Å². The Kier molecular flexibility index (Phi) is 4.59. The van der Waals surface area contributed by atoms with Crippen LogP contribution in [0.15, 0.2) is 36.4 Å². The van der Waals surface area contributed by atoms with Crippen LogP contribution in [0.5, 0.6) is 5.75 Å². The molecule has 0 radical (unpaired) electrons. The maximum atomic E-state index is 11.9. The molecule has 0 saturated heterocycles. The van der Waals surface area contributed by atoms with Crippen LogP contribution in [0.1, 0.15) is 37.7 Å². The zero-order chi connectivity index (χ0) is 18.1. The van der Waals surface area contributed by atoms with E-state index in [4.69, 9.17) is 4.74 Å². The second-order valence-electron chi connectivity index (χ2n) is 6.76. The number of ether oxygens (including phenoxy) is 1. The van der Waals surface area contributed by atoms with Crippen molar-refractivity contribution in [2.45, 2.75) is 32.1 Å². The van der Waals surface area contributed by atoms with E-state index in [1.807, 2.05) is 43.3 Å². The Morgan fingerprint density at radius 1 is 1.19 bits per heavy atom. The SMILES string of the molecule is CCOc1cc(-c2ccc3nsnc3c2)cc(C(CC2CC2)C(=O)O)c1. The van der Waals surface area contributed by atoms with Gasteiger partial charge in [-0.3, -0.25) is 4.79 Å². The lowest BCUT2D eigenvalue weighted by atomic mass is 9.90. The maximum absolute atomic E-state index is 11.9. The molecule has 0 spiro atoms. The van der Waals surface area contributed by atoms with Crippen LogP contribution in [0.2, 0.25) is 0 Å². The van der Waals surface area contributed by atoms with Crippen molar-refractivity contribution in [2.75, 3.05) is 6.61 Å². The second kappa shape index (κ2) is 7.03. The lowest BCUT2D eigenvalue weighted by Crippen LogP contribution is -2.13. The fraction of sp³-hybridized carbons (Fsp3) is 0.350. The lowest BCUT2D eigenvalue weighted by Gasteiger charge is -2.16. The van der Waals surface area contributed by atoms with E-state index in [9.17, 15) is 9.90 Å². The van der Waals surface area contributed by atoms with Gasteiger partial charge in [-0.15, -0.1) is 0 Å². The standard InChI is InChI=1S/C20H20N2O3S/c1-2-25-16-9-14(13-5-6-18-19(11-13)22-26-21-18)8-15(10-16)17(20(23)24)7-12-3-4-12/h5-6,8-12,17H,2-4,7H2,1H3,(H,23,24). The summed E-state index contributed by atoms with van der Waals surface area (Å²) in [6.45, 7) is 2.47. The number of benzene rings is 2. The van der Waals surface area contributed by atoms with E-state index in [0.29, 0.717) is 24.7 Å². The topological polar surface area (TPSA) is 72.3 Å². The van der Waals surface area contributed by atoms with E-state index in [2.05, 4.69) is 8.75 Å². The van der Waals surface area contributed by atoms with Gasteiger partial charge in [-0.05, 0) is 60.2 Å². The smallest absolute Gasteiger partial charge is 0.310 e. The van der Waals surface area contributed by atoms with Gasteiger partial charge in [-0.2, -0.15) is 8.75 Å². The number of fused-ring (bicyclic) bond motifs is 1. The fourth-order valence-electron chi connectivity index (χ4n) is 3.27. The molecule has 1 aliphatic carbocycles. The molecule has 1 fully saturated rings. The molecule has 1 aliphatic rings. The van der Waals surface area contributed by atoms with Crippen molar-refractivity contribution in [2.24, 2.45) is 5.92 Å². The van der Waals surface area contributed by atoms with Gasteiger partial charge >= 0.3 is 5.97 Å². The predicted molar refractivity (Wildman–Crippen MR) is 102 cm³/mol. The molecule has 3 aromatic rings. The summed E-state index contributed by atoms with van der Waals surface area (Å²) in [6.07, 6.45) is 2.96. The quantitative estimate of drug-likeness (QED) is 0.653. The summed E-state index contributed by atoms with van der Waals surface area (Å²) in [5, 5.41) is 9.74. The Morgan fingerprint density at radius 3 is 2.73 bits per heavy atom. The lowest BCUT2D eigenvalue weighted by molar-refractivity contribution is -0.139. The Hall–Kier alpha value is -2.47. The van der Waals surface area contributed by atoms with Crippen molar-refractivity contribution in [1.82, 2.24) is 8.75 Å². The van der Waals surface area contributed by atoms with Gasteiger partial charge in [0.05, 0.1) is 24.3 Å². The molecule has 5 nitrogen and oxygen atoms in total. The van der Waals surface area contributed by atoms with Crippen LogP contribution in [0.4, 0.5) is 0 Å². The molecule has 1 atom stereocenters. The number of aliphatic carboxylic acids is 1. The molecule has 0 amide bonds. The monoisotopic (exact) mass is 368 g/mol. The van der Waals surface area contributed by atoms with Crippen LogP contribution in [0, 0.1) is 5.92 Å². The fourth-order valence-corrected chi connectivity index (χ4v) is 3.79. The Balaban J connectivity index is 1.77. The minimum atomic E-state index is -0.768. The van der Waals surface area contributed by atoms with Crippen molar-refractivity contribution in [3.05, 3.63) is 42.0 Å². The zero-order valence-electron chi connectivity index (χ0n) is 14.5. The third kappa shape index (κ3) is 3.55. The van der Waals surface area contributed by atoms with Crippen LogP contribution < -0.4 is 4.74 Å². The number of carbonyl (C=O) groups is 1. The summed E-state index contributed by atoms with van der Waals surface area (Å²) in [4.78, 5) is 11.9. The highest BCUT2D eigenvalue weighted by atomic mass is 32.1.